The number of benzene rings is 1. The molecule has 1 aliphatic rings. The first kappa shape index (κ1) is 20.5. The molecule has 0 amide bonds. The second-order valence-electron chi connectivity index (χ2n) is 7.49. The third-order valence-electron chi connectivity index (χ3n) is 4.04. The molecule has 1 aromatic rings. The van der Waals surface area contributed by atoms with Gasteiger partial charge in [-0.3, -0.25) is 19.7 Å². The Morgan fingerprint density at radius 3 is 2.33 bits per heavy atom. The minimum Gasteiger partial charge on any atom is -0.460 e. The molecule has 27 heavy (non-hydrogen) atoms. The Morgan fingerprint density at radius 2 is 1.78 bits per heavy atom. The molecule has 0 aliphatic heterocycles. The van der Waals surface area contributed by atoms with Crippen LogP contribution >= 0.6 is 0 Å². The molecule has 1 aromatic carbocycles. The Bertz CT molecular complexity index is 758. The van der Waals surface area contributed by atoms with Crippen molar-refractivity contribution in [3.8, 4) is 0 Å². The van der Waals surface area contributed by atoms with Crippen LogP contribution in [0.4, 0.5) is 5.69 Å². The van der Waals surface area contributed by atoms with E-state index >= 15 is 0 Å². The maximum atomic E-state index is 12.5. The molecule has 1 aliphatic carbocycles. The molecule has 2 rings (SSSR count). The molecule has 8 nitrogen and oxygen atoms in total. The van der Waals surface area contributed by atoms with Crippen LogP contribution in [0.15, 0.2) is 18.2 Å². The van der Waals surface area contributed by atoms with E-state index in [-0.39, 0.29) is 22.9 Å². The van der Waals surface area contributed by atoms with E-state index in [2.05, 4.69) is 0 Å². The van der Waals surface area contributed by atoms with Crippen molar-refractivity contribution in [2.45, 2.75) is 64.6 Å². The van der Waals surface area contributed by atoms with E-state index in [4.69, 9.17) is 9.47 Å². The molecular weight excluding hydrogens is 354 g/mol. The summed E-state index contributed by atoms with van der Waals surface area (Å²) in [6.07, 6.45) is 2.58. The quantitative estimate of drug-likeness (QED) is 0.245. The Morgan fingerprint density at radius 1 is 1.15 bits per heavy atom. The summed E-state index contributed by atoms with van der Waals surface area (Å²) in [5.74, 6) is -2.22. The Labute approximate surface area is 157 Å². The lowest BCUT2D eigenvalue weighted by Gasteiger charge is -2.19. The Kier molecular flexibility index (Phi) is 6.30. The number of carbonyl (C=O) groups is 3. The summed E-state index contributed by atoms with van der Waals surface area (Å²) in [7, 11) is 0. The minimum atomic E-state index is -0.774. The zero-order valence-corrected chi connectivity index (χ0v) is 15.6. The summed E-state index contributed by atoms with van der Waals surface area (Å²) in [4.78, 5) is 47.3. The van der Waals surface area contributed by atoms with Gasteiger partial charge in [0.1, 0.15) is 18.1 Å². The highest BCUT2D eigenvalue weighted by atomic mass is 16.6. The number of nitro groups is 1. The number of esters is 2. The van der Waals surface area contributed by atoms with Crippen LogP contribution in [-0.4, -0.2) is 34.4 Å². The van der Waals surface area contributed by atoms with Gasteiger partial charge in [0.25, 0.3) is 5.69 Å². The molecule has 0 atom stereocenters. The predicted molar refractivity (Wildman–Crippen MR) is 95.6 cm³/mol. The fraction of sp³-hybridized carbons (Fsp3) is 0.526. The second-order valence-corrected chi connectivity index (χ2v) is 7.49. The third-order valence-corrected chi connectivity index (χ3v) is 4.04. The molecule has 0 bridgehead atoms. The maximum Gasteiger partial charge on any atom is 0.339 e. The fourth-order valence-corrected chi connectivity index (χ4v) is 2.88. The normalized spacial score (nSPS) is 14.6. The van der Waals surface area contributed by atoms with Gasteiger partial charge < -0.3 is 9.47 Å². The zero-order chi connectivity index (χ0) is 20.2. The summed E-state index contributed by atoms with van der Waals surface area (Å²) < 4.78 is 10.5. The number of Topliss-reactive ketones (excluding diaryl/α,β-unsaturated/α-hetero) is 1. The summed E-state index contributed by atoms with van der Waals surface area (Å²) >= 11 is 0. The number of carbonyl (C=O) groups excluding carboxylic acids is 3. The lowest BCUT2D eigenvalue weighted by atomic mass is 10.0. The number of ketones is 1. The molecule has 1 fully saturated rings. The molecule has 0 saturated heterocycles. The van der Waals surface area contributed by atoms with Crippen LogP contribution < -0.4 is 0 Å². The molecule has 0 heterocycles. The van der Waals surface area contributed by atoms with Gasteiger partial charge >= 0.3 is 11.9 Å². The number of hydrogen-bond acceptors (Lipinski definition) is 7. The SMILES string of the molecule is CC(C)(C)OC(=O)CC(=O)c1cc([N+](=O)[O-])ccc1C(=O)OC1CCCC1. The number of ether oxygens (including phenoxy) is 2. The monoisotopic (exact) mass is 377 g/mol. The molecule has 146 valence electrons. The molecule has 0 aromatic heterocycles. The van der Waals surface area contributed by atoms with Crippen LogP contribution in [0.1, 0.15) is 73.6 Å². The summed E-state index contributed by atoms with van der Waals surface area (Å²) in [6, 6.07) is 3.32. The van der Waals surface area contributed by atoms with E-state index in [0.29, 0.717) is 0 Å². The highest BCUT2D eigenvalue weighted by molar-refractivity contribution is 6.12. The van der Waals surface area contributed by atoms with Crippen LogP contribution in [0, 0.1) is 10.1 Å². The van der Waals surface area contributed by atoms with E-state index in [0.717, 1.165) is 37.8 Å². The lowest BCUT2D eigenvalue weighted by molar-refractivity contribution is -0.384. The third kappa shape index (κ3) is 5.87. The first-order valence-corrected chi connectivity index (χ1v) is 8.81. The van der Waals surface area contributed by atoms with Gasteiger partial charge in [0.2, 0.25) is 0 Å². The van der Waals surface area contributed by atoms with Crippen molar-refractivity contribution in [1.82, 2.24) is 0 Å². The number of non-ortho nitro benzene ring substituents is 1. The van der Waals surface area contributed by atoms with Crippen LogP contribution in [0.3, 0.4) is 0 Å². The van der Waals surface area contributed by atoms with E-state index in [9.17, 15) is 24.5 Å². The number of nitrogens with zero attached hydrogens (tertiary/aromatic N) is 1. The van der Waals surface area contributed by atoms with Gasteiger partial charge in [0.05, 0.1) is 10.5 Å². The average Bonchev–Trinajstić information content (AvgIpc) is 3.05. The van der Waals surface area contributed by atoms with Crippen LogP contribution in [0.5, 0.6) is 0 Å². The van der Waals surface area contributed by atoms with Gasteiger partial charge in [-0.05, 0) is 52.5 Å². The molecule has 0 radical (unpaired) electrons. The lowest BCUT2D eigenvalue weighted by Crippen LogP contribution is -2.26. The Balaban J connectivity index is 2.26. The van der Waals surface area contributed by atoms with Gasteiger partial charge in [-0.2, -0.15) is 0 Å². The van der Waals surface area contributed by atoms with Gasteiger partial charge in [-0.1, -0.05) is 0 Å². The van der Waals surface area contributed by atoms with E-state index in [1.54, 1.807) is 20.8 Å². The maximum absolute atomic E-state index is 12.5. The van der Waals surface area contributed by atoms with Crippen molar-refractivity contribution in [3.63, 3.8) is 0 Å². The number of nitro benzene ring substituents is 1. The Hall–Kier alpha value is -2.77. The smallest absolute Gasteiger partial charge is 0.339 e. The first-order chi connectivity index (χ1) is 12.6. The summed E-state index contributed by atoms with van der Waals surface area (Å²) in [5, 5.41) is 11.0. The van der Waals surface area contributed by atoms with Crippen LogP contribution in [0.2, 0.25) is 0 Å². The minimum absolute atomic E-state index is 0.0824. The molecule has 8 heteroatoms. The van der Waals surface area contributed by atoms with Crippen molar-refractivity contribution in [2.24, 2.45) is 0 Å². The van der Waals surface area contributed by atoms with E-state index in [1.807, 2.05) is 0 Å². The fourth-order valence-electron chi connectivity index (χ4n) is 2.88. The molecule has 0 N–H and O–H groups in total. The van der Waals surface area contributed by atoms with E-state index in [1.165, 1.54) is 6.07 Å². The highest BCUT2D eigenvalue weighted by Gasteiger charge is 2.27. The summed E-state index contributed by atoms with van der Waals surface area (Å²) in [5.41, 5.74) is -1.41. The van der Waals surface area contributed by atoms with Gasteiger partial charge in [0.15, 0.2) is 5.78 Å². The summed E-state index contributed by atoms with van der Waals surface area (Å²) in [6.45, 7) is 4.98. The van der Waals surface area contributed by atoms with Crippen LogP contribution in [0.25, 0.3) is 0 Å². The van der Waals surface area contributed by atoms with Crippen molar-refractivity contribution >= 4 is 23.4 Å². The van der Waals surface area contributed by atoms with Crippen molar-refractivity contribution in [1.29, 1.82) is 0 Å². The number of rotatable bonds is 6. The highest BCUT2D eigenvalue weighted by Crippen LogP contribution is 2.25. The molecule has 0 unspecified atom stereocenters. The molecular formula is C19H23NO7. The second kappa shape index (κ2) is 8.28. The largest absolute Gasteiger partial charge is 0.460 e. The molecule has 1 saturated carbocycles. The average molecular weight is 377 g/mol. The zero-order valence-electron chi connectivity index (χ0n) is 15.6. The number of hydrogen-bond donors (Lipinski definition) is 0. The predicted octanol–water partition coefficient (Wildman–Crippen LogP) is 3.61. The van der Waals surface area contributed by atoms with Crippen molar-refractivity contribution < 1.29 is 28.8 Å². The topological polar surface area (TPSA) is 113 Å². The van der Waals surface area contributed by atoms with Crippen molar-refractivity contribution in [3.05, 3.63) is 39.4 Å². The van der Waals surface area contributed by atoms with E-state index < -0.39 is 34.7 Å². The van der Waals surface area contributed by atoms with Gasteiger partial charge in [-0.15, -0.1) is 0 Å². The standard InChI is InChI=1S/C19H23NO7/c1-19(2,3)27-17(22)11-16(21)15-10-12(20(24)25)8-9-14(15)18(23)26-13-6-4-5-7-13/h8-10,13H,4-7,11H2,1-3H3. The molecule has 0 spiro atoms. The first-order valence-electron chi connectivity index (χ1n) is 8.81. The van der Waals surface area contributed by atoms with Gasteiger partial charge in [-0.25, -0.2) is 4.79 Å². The van der Waals surface area contributed by atoms with Crippen molar-refractivity contribution in [2.75, 3.05) is 0 Å². The van der Waals surface area contributed by atoms with Crippen LogP contribution in [-0.2, 0) is 14.3 Å². The van der Waals surface area contributed by atoms with Gasteiger partial charge in [0, 0.05) is 17.7 Å².